The second-order valence-electron chi connectivity index (χ2n) is 5.24. The van der Waals surface area contributed by atoms with Gasteiger partial charge >= 0.3 is 0 Å². The summed E-state index contributed by atoms with van der Waals surface area (Å²) in [5.41, 5.74) is 0. The highest BCUT2D eigenvalue weighted by Gasteiger charge is 2.29. The van der Waals surface area contributed by atoms with Crippen molar-refractivity contribution in [3.8, 4) is 0 Å². The minimum Gasteiger partial charge on any atom is -0.354 e. The maximum atomic E-state index is 12.4. The summed E-state index contributed by atoms with van der Waals surface area (Å²) in [5.74, 6) is 0.211. The molecule has 2 amide bonds. The van der Waals surface area contributed by atoms with E-state index in [1.54, 1.807) is 0 Å². The lowest BCUT2D eigenvalue weighted by atomic mass is 10.2. The molecule has 1 N–H and O–H groups in total. The number of amides is 2. The highest BCUT2D eigenvalue weighted by atomic mass is 16.2. The Morgan fingerprint density at radius 2 is 1.83 bits per heavy atom. The van der Waals surface area contributed by atoms with Crippen LogP contribution in [0, 0.1) is 0 Å². The van der Waals surface area contributed by atoms with Gasteiger partial charge in [0.15, 0.2) is 0 Å². The molecule has 2 fully saturated rings. The molecule has 1 unspecified atom stereocenters. The van der Waals surface area contributed by atoms with Crippen LogP contribution in [0.4, 0.5) is 0 Å². The molecular formula is C13H23N3O2. The number of rotatable bonds is 2. The van der Waals surface area contributed by atoms with E-state index in [-0.39, 0.29) is 17.9 Å². The molecule has 0 aliphatic carbocycles. The first-order chi connectivity index (χ1) is 8.68. The second-order valence-corrected chi connectivity index (χ2v) is 5.24. The summed E-state index contributed by atoms with van der Waals surface area (Å²) >= 11 is 0. The molecule has 2 rings (SSSR count). The molecule has 0 aromatic heterocycles. The van der Waals surface area contributed by atoms with Gasteiger partial charge in [0.05, 0.1) is 12.6 Å². The van der Waals surface area contributed by atoms with Crippen molar-refractivity contribution in [2.24, 2.45) is 0 Å². The standard InChI is InChI=1S/C13H23N3O2/c1-11(16-9-6-14-12(17)10-16)13(18)15-7-4-2-3-5-8-15/h11H,2-10H2,1H3,(H,14,17). The van der Waals surface area contributed by atoms with E-state index in [9.17, 15) is 9.59 Å². The van der Waals surface area contributed by atoms with E-state index in [1.165, 1.54) is 12.8 Å². The lowest BCUT2D eigenvalue weighted by molar-refractivity contribution is -0.138. The molecular weight excluding hydrogens is 230 g/mol. The molecule has 0 aromatic rings. The molecule has 102 valence electrons. The van der Waals surface area contributed by atoms with Gasteiger partial charge in [0.25, 0.3) is 0 Å². The topological polar surface area (TPSA) is 52.7 Å². The Hall–Kier alpha value is -1.10. The minimum atomic E-state index is -0.172. The van der Waals surface area contributed by atoms with Gasteiger partial charge in [0.1, 0.15) is 0 Å². The lowest BCUT2D eigenvalue weighted by Crippen LogP contribution is -2.55. The van der Waals surface area contributed by atoms with Crippen molar-refractivity contribution < 1.29 is 9.59 Å². The van der Waals surface area contributed by atoms with Gasteiger partial charge in [0, 0.05) is 26.2 Å². The van der Waals surface area contributed by atoms with Crippen LogP contribution >= 0.6 is 0 Å². The summed E-state index contributed by atoms with van der Waals surface area (Å²) in [6.07, 6.45) is 4.67. The molecule has 2 aliphatic heterocycles. The monoisotopic (exact) mass is 253 g/mol. The Morgan fingerprint density at radius 3 is 2.44 bits per heavy atom. The predicted octanol–water partition coefficient (Wildman–Crippen LogP) is 0.209. The van der Waals surface area contributed by atoms with Gasteiger partial charge in [-0.2, -0.15) is 0 Å². The van der Waals surface area contributed by atoms with Gasteiger partial charge in [-0.05, 0) is 19.8 Å². The highest BCUT2D eigenvalue weighted by Crippen LogP contribution is 2.13. The number of likely N-dealkylation sites (tertiary alicyclic amines) is 1. The first kappa shape index (κ1) is 13.3. The van der Waals surface area contributed by atoms with E-state index >= 15 is 0 Å². The van der Waals surface area contributed by atoms with Crippen LogP contribution in [-0.2, 0) is 9.59 Å². The number of hydrogen-bond donors (Lipinski definition) is 1. The summed E-state index contributed by atoms with van der Waals surface area (Å²) in [4.78, 5) is 27.7. The summed E-state index contributed by atoms with van der Waals surface area (Å²) in [7, 11) is 0. The van der Waals surface area contributed by atoms with Crippen molar-refractivity contribution in [3.63, 3.8) is 0 Å². The molecule has 1 atom stereocenters. The first-order valence-electron chi connectivity index (χ1n) is 6.98. The Kier molecular flexibility index (Phi) is 4.58. The van der Waals surface area contributed by atoms with Crippen LogP contribution in [0.15, 0.2) is 0 Å². The summed E-state index contributed by atoms with van der Waals surface area (Å²) in [6, 6.07) is -0.172. The van der Waals surface area contributed by atoms with E-state index in [0.717, 1.165) is 32.5 Å². The Balaban J connectivity index is 1.92. The molecule has 0 saturated carbocycles. The maximum Gasteiger partial charge on any atom is 0.239 e. The van der Waals surface area contributed by atoms with Gasteiger partial charge in [-0.1, -0.05) is 12.8 Å². The predicted molar refractivity (Wildman–Crippen MR) is 69.1 cm³/mol. The SMILES string of the molecule is CC(C(=O)N1CCCCCC1)N1CCNC(=O)C1. The average molecular weight is 253 g/mol. The van der Waals surface area contributed by atoms with Crippen LogP contribution in [0.2, 0.25) is 0 Å². The summed E-state index contributed by atoms with van der Waals surface area (Å²) in [6.45, 7) is 5.45. The third-order valence-corrected chi connectivity index (χ3v) is 3.89. The average Bonchev–Trinajstić information content (AvgIpc) is 2.66. The highest BCUT2D eigenvalue weighted by molar-refractivity contribution is 5.84. The van der Waals surface area contributed by atoms with Crippen molar-refractivity contribution in [2.45, 2.75) is 38.6 Å². The van der Waals surface area contributed by atoms with Crippen LogP contribution in [0.5, 0.6) is 0 Å². The molecule has 0 radical (unpaired) electrons. The Labute approximate surface area is 108 Å². The van der Waals surface area contributed by atoms with Gasteiger partial charge in [-0.3, -0.25) is 14.5 Å². The van der Waals surface area contributed by atoms with Crippen LogP contribution in [0.1, 0.15) is 32.6 Å². The third-order valence-electron chi connectivity index (χ3n) is 3.89. The molecule has 0 spiro atoms. The Bertz CT molecular complexity index is 311. The summed E-state index contributed by atoms with van der Waals surface area (Å²) in [5, 5.41) is 2.79. The number of piperazine rings is 1. The van der Waals surface area contributed by atoms with Crippen molar-refractivity contribution in [1.82, 2.24) is 15.1 Å². The third kappa shape index (κ3) is 3.22. The minimum absolute atomic E-state index is 0.0248. The fourth-order valence-electron chi connectivity index (χ4n) is 2.70. The zero-order valence-electron chi connectivity index (χ0n) is 11.2. The van der Waals surface area contributed by atoms with Crippen LogP contribution in [0.3, 0.4) is 0 Å². The van der Waals surface area contributed by atoms with E-state index in [2.05, 4.69) is 5.32 Å². The maximum absolute atomic E-state index is 12.4. The quantitative estimate of drug-likeness (QED) is 0.765. The van der Waals surface area contributed by atoms with Crippen molar-refractivity contribution in [2.75, 3.05) is 32.7 Å². The number of hydrogen-bond acceptors (Lipinski definition) is 3. The van der Waals surface area contributed by atoms with Gasteiger partial charge in [0.2, 0.25) is 11.8 Å². The molecule has 5 heteroatoms. The zero-order chi connectivity index (χ0) is 13.0. The molecule has 2 saturated heterocycles. The van der Waals surface area contributed by atoms with E-state index in [0.29, 0.717) is 13.1 Å². The van der Waals surface area contributed by atoms with E-state index in [1.807, 2.05) is 16.7 Å². The van der Waals surface area contributed by atoms with Crippen LogP contribution in [0.25, 0.3) is 0 Å². The number of carbonyl (C=O) groups is 2. The second kappa shape index (κ2) is 6.18. The Morgan fingerprint density at radius 1 is 1.17 bits per heavy atom. The van der Waals surface area contributed by atoms with Gasteiger partial charge < -0.3 is 10.2 Å². The molecule has 2 aliphatic rings. The number of nitrogens with zero attached hydrogens (tertiary/aromatic N) is 2. The van der Waals surface area contributed by atoms with Crippen LogP contribution < -0.4 is 5.32 Å². The molecule has 2 heterocycles. The number of carbonyl (C=O) groups excluding carboxylic acids is 2. The van der Waals surface area contributed by atoms with Crippen molar-refractivity contribution in [1.29, 1.82) is 0 Å². The number of nitrogens with one attached hydrogen (secondary N) is 1. The van der Waals surface area contributed by atoms with Gasteiger partial charge in [-0.25, -0.2) is 0 Å². The molecule has 0 bridgehead atoms. The normalized spacial score (nSPS) is 24.3. The van der Waals surface area contributed by atoms with E-state index in [4.69, 9.17) is 0 Å². The van der Waals surface area contributed by atoms with E-state index < -0.39 is 0 Å². The molecule has 5 nitrogen and oxygen atoms in total. The smallest absolute Gasteiger partial charge is 0.239 e. The fraction of sp³-hybridized carbons (Fsp3) is 0.846. The zero-order valence-corrected chi connectivity index (χ0v) is 11.2. The molecule has 18 heavy (non-hydrogen) atoms. The van der Waals surface area contributed by atoms with Crippen molar-refractivity contribution in [3.05, 3.63) is 0 Å². The van der Waals surface area contributed by atoms with Gasteiger partial charge in [-0.15, -0.1) is 0 Å². The largest absolute Gasteiger partial charge is 0.354 e. The first-order valence-corrected chi connectivity index (χ1v) is 6.98. The lowest BCUT2D eigenvalue weighted by Gasteiger charge is -2.34. The van der Waals surface area contributed by atoms with Crippen molar-refractivity contribution >= 4 is 11.8 Å². The van der Waals surface area contributed by atoms with Crippen LogP contribution in [-0.4, -0.2) is 60.4 Å². The fourth-order valence-corrected chi connectivity index (χ4v) is 2.70. The molecule has 0 aromatic carbocycles. The summed E-state index contributed by atoms with van der Waals surface area (Å²) < 4.78 is 0.